The molecule has 0 nitrogen and oxygen atoms in total. The van der Waals surface area contributed by atoms with Gasteiger partial charge in [-0.2, -0.15) is 0 Å². The van der Waals surface area contributed by atoms with Gasteiger partial charge in [0.15, 0.2) is 0 Å². The number of allylic oxidation sites excluding steroid dienone is 4. The summed E-state index contributed by atoms with van der Waals surface area (Å²) in [5, 5.41) is 0. The molecule has 0 N–H and O–H groups in total. The van der Waals surface area contributed by atoms with E-state index >= 15 is 0 Å². The van der Waals surface area contributed by atoms with Crippen molar-refractivity contribution in [3.05, 3.63) is 24.3 Å². The van der Waals surface area contributed by atoms with Crippen LogP contribution in [0.5, 0.6) is 0 Å². The third-order valence-corrected chi connectivity index (χ3v) is 4.00. The third-order valence-electron chi connectivity index (χ3n) is 4.00. The van der Waals surface area contributed by atoms with Gasteiger partial charge >= 0.3 is 0 Å². The number of hydrogen-bond acceptors (Lipinski definition) is 0. The summed E-state index contributed by atoms with van der Waals surface area (Å²) < 4.78 is 0. The molecule has 0 aliphatic heterocycles. The van der Waals surface area contributed by atoms with Crippen LogP contribution in [0.2, 0.25) is 0 Å². The van der Waals surface area contributed by atoms with Crippen LogP contribution in [-0.4, -0.2) is 0 Å². The number of unbranched alkanes of at least 4 members (excludes halogenated alkanes) is 2. The van der Waals surface area contributed by atoms with Crippen molar-refractivity contribution < 1.29 is 0 Å². The molecule has 1 fully saturated rings. The molecule has 0 heteroatoms. The predicted octanol–water partition coefficient (Wildman–Crippen LogP) is 5.90. The zero-order valence-electron chi connectivity index (χ0n) is 11.8. The average Bonchev–Trinajstić information content (AvgIpc) is 2.37. The highest BCUT2D eigenvalue weighted by molar-refractivity contribution is 4.91. The minimum absolute atomic E-state index is 0.893. The molecule has 0 aromatic heterocycles. The van der Waals surface area contributed by atoms with Gasteiger partial charge < -0.3 is 0 Å². The van der Waals surface area contributed by atoms with Crippen molar-refractivity contribution in [2.75, 3.05) is 0 Å². The van der Waals surface area contributed by atoms with Gasteiger partial charge in [0.1, 0.15) is 0 Å². The second-order valence-corrected chi connectivity index (χ2v) is 5.50. The summed E-state index contributed by atoms with van der Waals surface area (Å²) in [4.78, 5) is 0. The molecule has 0 heterocycles. The van der Waals surface area contributed by atoms with Crippen molar-refractivity contribution in [3.63, 3.8) is 0 Å². The summed E-state index contributed by atoms with van der Waals surface area (Å²) in [5.74, 6) is 1.90. The highest BCUT2D eigenvalue weighted by Gasteiger charge is 2.18. The summed E-state index contributed by atoms with van der Waals surface area (Å²) in [6.45, 7) is 4.39. The lowest BCUT2D eigenvalue weighted by Gasteiger charge is -2.26. The molecule has 0 saturated heterocycles. The molecule has 1 aliphatic carbocycles. The van der Waals surface area contributed by atoms with Gasteiger partial charge in [-0.15, -0.1) is 0 Å². The fourth-order valence-corrected chi connectivity index (χ4v) is 2.78. The number of hydrogen-bond donors (Lipinski definition) is 0. The van der Waals surface area contributed by atoms with Crippen molar-refractivity contribution >= 4 is 0 Å². The zero-order chi connectivity index (χ0) is 12.3. The summed E-state index contributed by atoms with van der Waals surface area (Å²) in [7, 11) is 0. The molecule has 0 aromatic carbocycles. The van der Waals surface area contributed by atoms with Crippen LogP contribution in [0, 0.1) is 11.8 Å². The normalized spacial score (nSPS) is 26.0. The van der Waals surface area contributed by atoms with Gasteiger partial charge in [0.05, 0.1) is 0 Å². The second kappa shape index (κ2) is 9.50. The van der Waals surface area contributed by atoms with Gasteiger partial charge in [-0.25, -0.2) is 0 Å². The van der Waals surface area contributed by atoms with Crippen LogP contribution in [0.25, 0.3) is 0 Å². The Kier molecular flexibility index (Phi) is 8.13. The second-order valence-electron chi connectivity index (χ2n) is 5.50. The Bertz CT molecular complexity index is 216. The first-order chi connectivity index (χ1) is 8.36. The summed E-state index contributed by atoms with van der Waals surface area (Å²) >= 11 is 0. The van der Waals surface area contributed by atoms with Gasteiger partial charge in [0, 0.05) is 0 Å². The lowest BCUT2D eigenvalue weighted by molar-refractivity contribution is 0.297. The molecular formula is C17H30. The smallest absolute Gasteiger partial charge is 0.0233 e. The quantitative estimate of drug-likeness (QED) is 0.380. The first-order valence-electron chi connectivity index (χ1n) is 7.64. The van der Waals surface area contributed by atoms with Gasteiger partial charge in [0.2, 0.25) is 0 Å². The maximum absolute atomic E-state index is 2.50. The molecule has 1 saturated carbocycles. The molecule has 0 atom stereocenters. The van der Waals surface area contributed by atoms with E-state index in [9.17, 15) is 0 Å². The molecule has 0 spiro atoms. The van der Waals surface area contributed by atoms with Crippen molar-refractivity contribution in [2.24, 2.45) is 11.8 Å². The zero-order valence-corrected chi connectivity index (χ0v) is 11.8. The monoisotopic (exact) mass is 234 g/mol. The van der Waals surface area contributed by atoms with E-state index in [1.165, 1.54) is 57.8 Å². The van der Waals surface area contributed by atoms with Crippen molar-refractivity contribution in [1.82, 2.24) is 0 Å². The molecule has 0 radical (unpaired) electrons. The molecule has 98 valence electrons. The topological polar surface area (TPSA) is 0 Å². The van der Waals surface area contributed by atoms with E-state index in [1.54, 1.807) is 0 Å². The Hall–Kier alpha value is -0.520. The van der Waals surface area contributed by atoms with Gasteiger partial charge in [-0.3, -0.25) is 0 Å². The van der Waals surface area contributed by atoms with Crippen LogP contribution in [0.4, 0.5) is 0 Å². The highest BCUT2D eigenvalue weighted by atomic mass is 14.2. The molecule has 17 heavy (non-hydrogen) atoms. The molecule has 1 rings (SSSR count). The van der Waals surface area contributed by atoms with E-state index in [0.717, 1.165) is 11.8 Å². The van der Waals surface area contributed by atoms with Crippen LogP contribution in [0.1, 0.15) is 71.6 Å². The van der Waals surface area contributed by atoms with E-state index in [2.05, 4.69) is 38.2 Å². The Morgan fingerprint density at radius 1 is 1.00 bits per heavy atom. The summed E-state index contributed by atoms with van der Waals surface area (Å²) in [5.41, 5.74) is 0. The van der Waals surface area contributed by atoms with E-state index in [0.29, 0.717) is 0 Å². The molecule has 0 aromatic rings. The maximum Gasteiger partial charge on any atom is -0.0233 e. The summed E-state index contributed by atoms with van der Waals surface area (Å²) in [6, 6.07) is 0. The Labute approximate surface area is 108 Å². The molecular weight excluding hydrogens is 204 g/mol. The summed E-state index contributed by atoms with van der Waals surface area (Å²) in [6.07, 6.45) is 21.9. The SMILES string of the molecule is CC=CCCC1CCC(C=CCCCC)CC1. The first-order valence-corrected chi connectivity index (χ1v) is 7.64. The molecule has 0 bridgehead atoms. The van der Waals surface area contributed by atoms with Crippen molar-refractivity contribution in [1.29, 1.82) is 0 Å². The van der Waals surface area contributed by atoms with Crippen LogP contribution in [0.15, 0.2) is 24.3 Å². The van der Waals surface area contributed by atoms with Gasteiger partial charge in [0.25, 0.3) is 0 Å². The van der Waals surface area contributed by atoms with E-state index in [-0.39, 0.29) is 0 Å². The Morgan fingerprint density at radius 3 is 2.41 bits per heavy atom. The lowest BCUT2D eigenvalue weighted by Crippen LogP contribution is -2.12. The fourth-order valence-electron chi connectivity index (χ4n) is 2.78. The Balaban J connectivity index is 2.10. The van der Waals surface area contributed by atoms with Crippen molar-refractivity contribution in [3.8, 4) is 0 Å². The minimum atomic E-state index is 0.893. The van der Waals surface area contributed by atoms with Crippen molar-refractivity contribution in [2.45, 2.75) is 71.6 Å². The van der Waals surface area contributed by atoms with Crippen LogP contribution >= 0.6 is 0 Å². The lowest BCUT2D eigenvalue weighted by atomic mass is 9.80. The maximum atomic E-state index is 2.50. The third kappa shape index (κ3) is 6.71. The van der Waals surface area contributed by atoms with E-state index in [1.807, 2.05) is 0 Å². The standard InChI is InChI=1S/C17H30/c1-3-5-7-9-11-17-14-12-16(13-15-17)10-8-6-4-2/h4,6,9,11,16-17H,3,5,7-8,10,12-15H2,1-2H3. The fraction of sp³-hybridized carbons (Fsp3) is 0.765. The first kappa shape index (κ1) is 14.5. The van der Waals surface area contributed by atoms with Crippen LogP contribution < -0.4 is 0 Å². The van der Waals surface area contributed by atoms with Gasteiger partial charge in [-0.05, 0) is 63.7 Å². The molecule has 0 amide bonds. The Morgan fingerprint density at radius 2 is 1.76 bits per heavy atom. The largest absolute Gasteiger partial charge is 0.0917 e. The van der Waals surface area contributed by atoms with E-state index in [4.69, 9.17) is 0 Å². The number of rotatable bonds is 7. The average molecular weight is 234 g/mol. The van der Waals surface area contributed by atoms with E-state index < -0.39 is 0 Å². The van der Waals surface area contributed by atoms with Crippen LogP contribution in [0.3, 0.4) is 0 Å². The molecule has 0 unspecified atom stereocenters. The predicted molar refractivity (Wildman–Crippen MR) is 78.2 cm³/mol. The van der Waals surface area contributed by atoms with Gasteiger partial charge in [-0.1, -0.05) is 44.1 Å². The molecule has 1 aliphatic rings. The minimum Gasteiger partial charge on any atom is -0.0917 e. The van der Waals surface area contributed by atoms with Crippen LogP contribution in [-0.2, 0) is 0 Å². The highest BCUT2D eigenvalue weighted by Crippen LogP contribution is 2.32.